The van der Waals surface area contributed by atoms with Gasteiger partial charge in [-0.15, -0.1) is 0 Å². The minimum absolute atomic E-state index is 0.0696. The first-order valence-corrected chi connectivity index (χ1v) is 10.2. The summed E-state index contributed by atoms with van der Waals surface area (Å²) < 4.78 is 11.5. The Balaban J connectivity index is 1.20. The average Bonchev–Trinajstić information content (AvgIpc) is 3.13. The van der Waals surface area contributed by atoms with E-state index in [-0.39, 0.29) is 12.1 Å². The van der Waals surface area contributed by atoms with Gasteiger partial charge in [-0.1, -0.05) is 24.3 Å². The number of urea groups is 1. The Kier molecular flexibility index (Phi) is 5.66. The molecule has 0 bridgehead atoms. The number of rotatable bonds is 3. The van der Waals surface area contributed by atoms with Crippen molar-refractivity contribution >= 4 is 6.03 Å². The first-order chi connectivity index (χ1) is 13.1. The molecule has 3 heterocycles. The number of aryl methyl sites for hydroxylation is 1. The summed E-state index contributed by atoms with van der Waals surface area (Å²) in [5, 5.41) is 3.24. The van der Waals surface area contributed by atoms with E-state index in [9.17, 15) is 4.79 Å². The van der Waals surface area contributed by atoms with E-state index >= 15 is 0 Å². The van der Waals surface area contributed by atoms with E-state index in [0.717, 1.165) is 45.3 Å². The Morgan fingerprint density at radius 1 is 1.11 bits per heavy atom. The second kappa shape index (κ2) is 8.17. The third-order valence-electron chi connectivity index (χ3n) is 6.20. The van der Waals surface area contributed by atoms with Crippen LogP contribution in [0, 0.1) is 6.92 Å². The lowest BCUT2D eigenvalue weighted by atomic mass is 10.0. The molecule has 0 unspecified atom stereocenters. The number of carbonyl (C=O) groups is 1. The van der Waals surface area contributed by atoms with Crippen molar-refractivity contribution in [3.8, 4) is 0 Å². The van der Waals surface area contributed by atoms with Gasteiger partial charge in [0.05, 0.1) is 13.2 Å². The van der Waals surface area contributed by atoms with Gasteiger partial charge in [0, 0.05) is 51.6 Å². The quantitative estimate of drug-likeness (QED) is 0.885. The number of ether oxygens (including phenoxy) is 2. The number of nitrogens with one attached hydrogen (secondary N) is 1. The van der Waals surface area contributed by atoms with Crippen LogP contribution in [0.25, 0.3) is 0 Å². The van der Waals surface area contributed by atoms with E-state index in [0.29, 0.717) is 26.3 Å². The Bertz CT molecular complexity index is 642. The maximum atomic E-state index is 12.6. The first kappa shape index (κ1) is 18.7. The summed E-state index contributed by atoms with van der Waals surface area (Å²) >= 11 is 0. The molecule has 2 amide bonds. The van der Waals surface area contributed by atoms with Crippen molar-refractivity contribution in [3.63, 3.8) is 0 Å². The lowest BCUT2D eigenvalue weighted by molar-refractivity contribution is -0.181. The van der Waals surface area contributed by atoms with Gasteiger partial charge in [0.15, 0.2) is 5.79 Å². The van der Waals surface area contributed by atoms with Gasteiger partial charge in [-0.25, -0.2) is 4.79 Å². The fourth-order valence-corrected chi connectivity index (χ4v) is 4.37. The fraction of sp³-hybridized carbons (Fsp3) is 0.667. The number of likely N-dealkylation sites (tertiary alicyclic amines) is 2. The molecule has 6 heteroatoms. The molecule has 1 spiro atoms. The van der Waals surface area contributed by atoms with E-state index in [1.807, 2.05) is 4.90 Å². The molecular formula is C21H31N3O3. The van der Waals surface area contributed by atoms with Crippen LogP contribution < -0.4 is 5.32 Å². The highest BCUT2D eigenvalue weighted by molar-refractivity contribution is 5.74. The van der Waals surface area contributed by atoms with Gasteiger partial charge < -0.3 is 19.7 Å². The molecule has 4 rings (SSSR count). The number of hydrogen-bond donors (Lipinski definition) is 1. The minimum Gasteiger partial charge on any atom is -0.347 e. The van der Waals surface area contributed by atoms with Crippen molar-refractivity contribution in [1.29, 1.82) is 0 Å². The number of piperidine rings is 2. The molecule has 1 N–H and O–H groups in total. The molecule has 0 aliphatic carbocycles. The van der Waals surface area contributed by atoms with Crippen LogP contribution in [0.5, 0.6) is 0 Å². The number of nitrogens with zero attached hydrogens (tertiary/aromatic N) is 2. The summed E-state index contributed by atoms with van der Waals surface area (Å²) in [6.07, 6.45) is 3.58. The van der Waals surface area contributed by atoms with Gasteiger partial charge in [0.25, 0.3) is 0 Å². The van der Waals surface area contributed by atoms with Crippen LogP contribution in [-0.2, 0) is 16.0 Å². The van der Waals surface area contributed by atoms with E-state index in [4.69, 9.17) is 9.47 Å². The summed E-state index contributed by atoms with van der Waals surface area (Å²) in [5.74, 6) is -0.419. The van der Waals surface area contributed by atoms with Crippen molar-refractivity contribution in [2.75, 3.05) is 39.4 Å². The lowest BCUT2D eigenvalue weighted by Gasteiger charge is -2.39. The summed E-state index contributed by atoms with van der Waals surface area (Å²) in [6.45, 7) is 8.00. The Morgan fingerprint density at radius 2 is 1.78 bits per heavy atom. The van der Waals surface area contributed by atoms with Gasteiger partial charge in [0.2, 0.25) is 0 Å². The van der Waals surface area contributed by atoms with E-state index in [2.05, 4.69) is 41.4 Å². The highest BCUT2D eigenvalue weighted by Gasteiger charge is 2.41. The highest BCUT2D eigenvalue weighted by Crippen LogP contribution is 2.31. The van der Waals surface area contributed by atoms with Gasteiger partial charge >= 0.3 is 6.03 Å². The molecule has 0 aromatic heterocycles. The van der Waals surface area contributed by atoms with E-state index in [1.165, 1.54) is 11.1 Å². The van der Waals surface area contributed by atoms with Crippen LogP contribution in [0.4, 0.5) is 4.79 Å². The van der Waals surface area contributed by atoms with Crippen LogP contribution in [0.3, 0.4) is 0 Å². The zero-order valence-corrected chi connectivity index (χ0v) is 16.3. The first-order valence-electron chi connectivity index (χ1n) is 10.2. The van der Waals surface area contributed by atoms with Gasteiger partial charge in [0.1, 0.15) is 0 Å². The molecular weight excluding hydrogens is 342 g/mol. The van der Waals surface area contributed by atoms with E-state index < -0.39 is 5.79 Å². The van der Waals surface area contributed by atoms with Crippen molar-refractivity contribution in [2.24, 2.45) is 0 Å². The predicted octanol–water partition coefficient (Wildman–Crippen LogP) is 2.51. The third kappa shape index (κ3) is 4.45. The molecule has 148 valence electrons. The van der Waals surface area contributed by atoms with Crippen LogP contribution in [0.1, 0.15) is 36.8 Å². The van der Waals surface area contributed by atoms with Gasteiger partial charge in [-0.3, -0.25) is 4.90 Å². The van der Waals surface area contributed by atoms with Gasteiger partial charge in [-0.2, -0.15) is 0 Å². The number of carbonyl (C=O) groups excluding carboxylic acids is 1. The molecule has 3 aliphatic rings. The monoisotopic (exact) mass is 373 g/mol. The van der Waals surface area contributed by atoms with Crippen LogP contribution in [-0.4, -0.2) is 67.1 Å². The third-order valence-corrected chi connectivity index (χ3v) is 6.20. The van der Waals surface area contributed by atoms with Crippen molar-refractivity contribution in [2.45, 2.75) is 51.0 Å². The maximum absolute atomic E-state index is 12.6. The number of hydrogen-bond acceptors (Lipinski definition) is 4. The summed E-state index contributed by atoms with van der Waals surface area (Å²) in [7, 11) is 0. The molecule has 3 fully saturated rings. The largest absolute Gasteiger partial charge is 0.347 e. The smallest absolute Gasteiger partial charge is 0.317 e. The maximum Gasteiger partial charge on any atom is 0.317 e. The van der Waals surface area contributed by atoms with Crippen LogP contribution in [0.15, 0.2) is 24.3 Å². The highest BCUT2D eigenvalue weighted by atomic mass is 16.7. The average molecular weight is 373 g/mol. The van der Waals surface area contributed by atoms with Crippen molar-refractivity contribution in [1.82, 2.24) is 15.1 Å². The molecule has 27 heavy (non-hydrogen) atoms. The lowest BCUT2D eigenvalue weighted by Crippen LogP contribution is -2.53. The van der Waals surface area contributed by atoms with E-state index in [1.54, 1.807) is 0 Å². The molecule has 0 atom stereocenters. The van der Waals surface area contributed by atoms with Crippen LogP contribution >= 0.6 is 0 Å². The summed E-state index contributed by atoms with van der Waals surface area (Å²) in [5.41, 5.74) is 2.75. The van der Waals surface area contributed by atoms with Gasteiger partial charge in [-0.05, 0) is 30.9 Å². The van der Waals surface area contributed by atoms with Crippen LogP contribution in [0.2, 0.25) is 0 Å². The Hall–Kier alpha value is -1.63. The van der Waals surface area contributed by atoms with Crippen molar-refractivity contribution in [3.05, 3.63) is 35.4 Å². The molecule has 3 saturated heterocycles. The molecule has 1 aromatic rings. The Labute approximate surface area is 161 Å². The molecule has 0 radical (unpaired) electrons. The molecule has 1 aromatic carbocycles. The molecule has 3 aliphatic heterocycles. The second-order valence-electron chi connectivity index (χ2n) is 8.02. The standard InChI is InChI=1S/C21H31N3O3/c1-17-4-2-3-5-18(17)16-23-10-6-19(7-11-23)22-20(25)24-12-8-21(9-13-24)26-14-15-27-21/h2-5,19H,6-16H2,1H3,(H,22,25). The fourth-order valence-electron chi connectivity index (χ4n) is 4.37. The number of amides is 2. The molecule has 6 nitrogen and oxygen atoms in total. The summed E-state index contributed by atoms with van der Waals surface area (Å²) in [6, 6.07) is 8.94. The zero-order chi connectivity index (χ0) is 18.7. The zero-order valence-electron chi connectivity index (χ0n) is 16.3. The predicted molar refractivity (Wildman–Crippen MR) is 103 cm³/mol. The normalized spacial score (nSPS) is 23.7. The minimum atomic E-state index is -0.419. The SMILES string of the molecule is Cc1ccccc1CN1CCC(NC(=O)N2CCC3(CC2)OCCO3)CC1. The topological polar surface area (TPSA) is 54.0 Å². The number of benzene rings is 1. The Morgan fingerprint density at radius 3 is 2.44 bits per heavy atom. The summed E-state index contributed by atoms with van der Waals surface area (Å²) in [4.78, 5) is 17.0. The second-order valence-corrected chi connectivity index (χ2v) is 8.02. The molecule has 0 saturated carbocycles. The van der Waals surface area contributed by atoms with Crippen molar-refractivity contribution < 1.29 is 14.3 Å².